The second kappa shape index (κ2) is 8.51. The summed E-state index contributed by atoms with van der Waals surface area (Å²) in [5, 5.41) is 3.13. The van der Waals surface area contributed by atoms with E-state index in [0.29, 0.717) is 12.1 Å². The van der Waals surface area contributed by atoms with E-state index in [1.54, 1.807) is 13.8 Å². The van der Waals surface area contributed by atoms with E-state index in [1.165, 1.54) is 0 Å². The molecule has 0 bridgehead atoms. The van der Waals surface area contributed by atoms with E-state index in [1.807, 2.05) is 30.3 Å². The molecular formula is C15H20ClNO2. The van der Waals surface area contributed by atoms with Crippen LogP contribution >= 0.6 is 12.4 Å². The summed E-state index contributed by atoms with van der Waals surface area (Å²) >= 11 is 0. The van der Waals surface area contributed by atoms with Crippen molar-refractivity contribution in [2.45, 2.75) is 26.6 Å². The van der Waals surface area contributed by atoms with Gasteiger partial charge >= 0.3 is 5.97 Å². The first-order valence-electron chi connectivity index (χ1n) is 5.84. The SMILES string of the molecule is C=Cc1ccccc1CNC(C)OC(=O)C(=C)C.Cl. The first-order chi connectivity index (χ1) is 8.54. The van der Waals surface area contributed by atoms with Gasteiger partial charge in [-0.1, -0.05) is 43.5 Å². The third-order valence-electron chi connectivity index (χ3n) is 2.49. The molecule has 0 radical (unpaired) electrons. The van der Waals surface area contributed by atoms with Gasteiger partial charge in [0.1, 0.15) is 0 Å². The number of carbonyl (C=O) groups is 1. The Morgan fingerprint density at radius 1 is 1.47 bits per heavy atom. The average molecular weight is 282 g/mol. The molecular weight excluding hydrogens is 262 g/mol. The van der Waals surface area contributed by atoms with Crippen LogP contribution in [-0.2, 0) is 16.1 Å². The molecule has 0 spiro atoms. The van der Waals surface area contributed by atoms with E-state index in [4.69, 9.17) is 4.74 Å². The third kappa shape index (κ3) is 5.73. The van der Waals surface area contributed by atoms with Gasteiger partial charge in [0.2, 0.25) is 0 Å². The van der Waals surface area contributed by atoms with Gasteiger partial charge in [0.25, 0.3) is 0 Å². The Bertz CT molecular complexity index is 457. The number of ether oxygens (including phenoxy) is 1. The molecule has 0 aromatic heterocycles. The van der Waals surface area contributed by atoms with Gasteiger partial charge in [0.05, 0.1) is 0 Å². The Hall–Kier alpha value is -1.58. The summed E-state index contributed by atoms with van der Waals surface area (Å²) in [6, 6.07) is 7.94. The molecule has 0 saturated carbocycles. The largest absolute Gasteiger partial charge is 0.444 e. The third-order valence-corrected chi connectivity index (χ3v) is 2.49. The fourth-order valence-electron chi connectivity index (χ4n) is 1.45. The Morgan fingerprint density at radius 2 is 2.11 bits per heavy atom. The van der Waals surface area contributed by atoms with Crippen molar-refractivity contribution in [2.24, 2.45) is 0 Å². The van der Waals surface area contributed by atoms with Crippen molar-refractivity contribution >= 4 is 24.5 Å². The molecule has 0 aliphatic heterocycles. The normalized spacial score (nSPS) is 11.1. The van der Waals surface area contributed by atoms with Crippen LogP contribution < -0.4 is 5.32 Å². The molecule has 0 aliphatic rings. The fraction of sp³-hybridized carbons (Fsp3) is 0.267. The maximum absolute atomic E-state index is 11.3. The lowest BCUT2D eigenvalue weighted by molar-refractivity contribution is -0.144. The van der Waals surface area contributed by atoms with Crippen molar-refractivity contribution in [1.82, 2.24) is 5.32 Å². The van der Waals surface area contributed by atoms with Crippen LogP contribution in [0.3, 0.4) is 0 Å². The van der Waals surface area contributed by atoms with Crippen LogP contribution in [-0.4, -0.2) is 12.2 Å². The summed E-state index contributed by atoms with van der Waals surface area (Å²) in [7, 11) is 0. The Kier molecular flexibility index (Phi) is 7.80. The summed E-state index contributed by atoms with van der Waals surface area (Å²) < 4.78 is 5.13. The first kappa shape index (κ1) is 17.4. The minimum atomic E-state index is -0.382. The van der Waals surface area contributed by atoms with Crippen LogP contribution in [0.4, 0.5) is 0 Å². The molecule has 1 N–H and O–H groups in total. The highest BCUT2D eigenvalue weighted by Crippen LogP contribution is 2.10. The molecule has 1 aromatic carbocycles. The molecule has 4 heteroatoms. The highest BCUT2D eigenvalue weighted by Gasteiger charge is 2.09. The molecule has 0 heterocycles. The number of nitrogens with one attached hydrogen (secondary N) is 1. The summed E-state index contributed by atoms with van der Waals surface area (Å²) in [5.41, 5.74) is 2.59. The Morgan fingerprint density at radius 3 is 2.68 bits per heavy atom. The van der Waals surface area contributed by atoms with Gasteiger partial charge in [-0.3, -0.25) is 5.32 Å². The lowest BCUT2D eigenvalue weighted by Crippen LogP contribution is -2.31. The monoisotopic (exact) mass is 281 g/mol. The van der Waals surface area contributed by atoms with Crippen LogP contribution in [0.15, 0.2) is 43.0 Å². The molecule has 0 fully saturated rings. The topological polar surface area (TPSA) is 38.3 Å². The summed E-state index contributed by atoms with van der Waals surface area (Å²) in [6.45, 7) is 11.3. The smallest absolute Gasteiger partial charge is 0.334 e. The van der Waals surface area contributed by atoms with Crippen molar-refractivity contribution in [3.63, 3.8) is 0 Å². The van der Waals surface area contributed by atoms with E-state index in [0.717, 1.165) is 11.1 Å². The Balaban J connectivity index is 0.00000324. The van der Waals surface area contributed by atoms with Crippen LogP contribution in [0.2, 0.25) is 0 Å². The van der Waals surface area contributed by atoms with Crippen molar-refractivity contribution in [1.29, 1.82) is 0 Å². The number of halogens is 1. The van der Waals surface area contributed by atoms with Gasteiger partial charge in [0, 0.05) is 12.1 Å². The maximum Gasteiger partial charge on any atom is 0.334 e. The number of hydrogen-bond acceptors (Lipinski definition) is 3. The van der Waals surface area contributed by atoms with Crippen LogP contribution in [0.5, 0.6) is 0 Å². The fourth-order valence-corrected chi connectivity index (χ4v) is 1.45. The van der Waals surface area contributed by atoms with Gasteiger partial charge in [-0.2, -0.15) is 0 Å². The lowest BCUT2D eigenvalue weighted by Gasteiger charge is -2.15. The Labute approximate surface area is 120 Å². The highest BCUT2D eigenvalue weighted by molar-refractivity contribution is 5.87. The predicted octanol–water partition coefficient (Wildman–Crippen LogP) is 3.31. The molecule has 1 aromatic rings. The second-order valence-electron chi connectivity index (χ2n) is 4.11. The van der Waals surface area contributed by atoms with Crippen molar-refractivity contribution in [3.05, 3.63) is 54.1 Å². The van der Waals surface area contributed by atoms with Crippen LogP contribution in [0, 0.1) is 0 Å². The van der Waals surface area contributed by atoms with Gasteiger partial charge in [-0.15, -0.1) is 12.4 Å². The summed E-state index contributed by atoms with van der Waals surface area (Å²) in [6.07, 6.45) is 1.45. The summed E-state index contributed by atoms with van der Waals surface area (Å²) in [5.74, 6) is -0.382. The van der Waals surface area contributed by atoms with Gasteiger partial charge in [-0.25, -0.2) is 4.79 Å². The van der Waals surface area contributed by atoms with Gasteiger partial charge in [-0.05, 0) is 25.0 Å². The first-order valence-corrected chi connectivity index (χ1v) is 5.84. The second-order valence-corrected chi connectivity index (χ2v) is 4.11. The molecule has 0 saturated heterocycles. The zero-order valence-electron chi connectivity index (χ0n) is 11.3. The average Bonchev–Trinajstić information content (AvgIpc) is 2.36. The highest BCUT2D eigenvalue weighted by atomic mass is 35.5. The lowest BCUT2D eigenvalue weighted by atomic mass is 10.1. The summed E-state index contributed by atoms with van der Waals surface area (Å²) in [4.78, 5) is 11.3. The van der Waals surface area contributed by atoms with Crippen LogP contribution in [0.25, 0.3) is 6.08 Å². The standard InChI is InChI=1S/C15H19NO2.ClH/c1-5-13-8-6-7-9-14(13)10-16-12(4)18-15(17)11(2)3;/h5-9,12,16H,1-2,10H2,3-4H3;1H. The zero-order chi connectivity index (χ0) is 13.5. The molecule has 1 atom stereocenters. The zero-order valence-corrected chi connectivity index (χ0v) is 12.1. The van der Waals surface area contributed by atoms with E-state index in [-0.39, 0.29) is 24.6 Å². The van der Waals surface area contributed by atoms with Crippen molar-refractivity contribution < 1.29 is 9.53 Å². The molecule has 3 nitrogen and oxygen atoms in total. The van der Waals surface area contributed by atoms with Gasteiger partial charge < -0.3 is 4.74 Å². The molecule has 1 rings (SSSR count). The van der Waals surface area contributed by atoms with E-state index in [9.17, 15) is 4.79 Å². The number of carbonyl (C=O) groups excluding carboxylic acids is 1. The van der Waals surface area contributed by atoms with Crippen molar-refractivity contribution in [2.75, 3.05) is 0 Å². The maximum atomic E-state index is 11.3. The molecule has 0 amide bonds. The van der Waals surface area contributed by atoms with E-state index in [2.05, 4.69) is 18.5 Å². The van der Waals surface area contributed by atoms with E-state index < -0.39 is 0 Å². The van der Waals surface area contributed by atoms with E-state index >= 15 is 0 Å². The van der Waals surface area contributed by atoms with Gasteiger partial charge in [0.15, 0.2) is 6.23 Å². The van der Waals surface area contributed by atoms with Crippen molar-refractivity contribution in [3.8, 4) is 0 Å². The molecule has 1 unspecified atom stereocenters. The molecule has 19 heavy (non-hydrogen) atoms. The quantitative estimate of drug-likeness (QED) is 0.494. The minimum absolute atomic E-state index is 0. The number of rotatable bonds is 6. The minimum Gasteiger partial charge on any atom is -0.444 e. The molecule has 0 aliphatic carbocycles. The molecule has 104 valence electrons. The number of esters is 1. The predicted molar refractivity (Wildman–Crippen MR) is 81.0 cm³/mol. The number of benzene rings is 1. The number of hydrogen-bond donors (Lipinski definition) is 1. The van der Waals surface area contributed by atoms with Crippen LogP contribution in [0.1, 0.15) is 25.0 Å².